The van der Waals surface area contributed by atoms with Crippen molar-refractivity contribution in [2.24, 2.45) is 5.92 Å². The summed E-state index contributed by atoms with van der Waals surface area (Å²) >= 11 is 0. The van der Waals surface area contributed by atoms with E-state index in [-0.39, 0.29) is 0 Å². The summed E-state index contributed by atoms with van der Waals surface area (Å²) in [6, 6.07) is 0. The second kappa shape index (κ2) is 4.04. The van der Waals surface area contributed by atoms with Gasteiger partial charge >= 0.3 is 0 Å². The van der Waals surface area contributed by atoms with Crippen molar-refractivity contribution >= 4 is 29.2 Å². The van der Waals surface area contributed by atoms with Gasteiger partial charge in [-0.25, -0.2) is 14.1 Å². The molecule has 0 radical (unpaired) electrons. The lowest BCUT2D eigenvalue weighted by Gasteiger charge is -1.99. The number of hydrogen-bond acceptors (Lipinski definition) is 5. The molecule has 1 fully saturated rings. The molecule has 98 valence electrons. The minimum absolute atomic E-state index is 0.508. The van der Waals surface area contributed by atoms with Gasteiger partial charge in [-0.05, 0) is 18.9 Å². The number of nitrogen functional groups attached to an aromatic ring is 1. The zero-order chi connectivity index (χ0) is 13.6. The summed E-state index contributed by atoms with van der Waals surface area (Å²) in [5, 5.41) is 8.89. The van der Waals surface area contributed by atoms with Gasteiger partial charge in [-0.15, -0.1) is 0 Å². The van der Waals surface area contributed by atoms with Crippen LogP contribution in [0.3, 0.4) is 0 Å². The fourth-order valence-electron chi connectivity index (χ4n) is 2.28. The van der Waals surface area contributed by atoms with Crippen LogP contribution >= 0.6 is 0 Å². The Kier molecular flexibility index (Phi) is 2.48. The van der Waals surface area contributed by atoms with E-state index < -0.39 is 5.97 Å². The monoisotopic (exact) mass is 259 g/mol. The Labute approximate surface area is 109 Å². The molecule has 1 aliphatic heterocycles. The molecule has 3 heterocycles. The van der Waals surface area contributed by atoms with E-state index in [1.807, 2.05) is 12.7 Å². The van der Waals surface area contributed by atoms with Crippen LogP contribution in [0.15, 0.2) is 18.2 Å². The maximum atomic E-state index is 8.89. The van der Waals surface area contributed by atoms with Crippen LogP contribution in [0.25, 0.3) is 17.4 Å². The van der Waals surface area contributed by atoms with Crippen molar-refractivity contribution in [1.29, 1.82) is 0 Å². The molecule has 1 atom stereocenters. The Morgan fingerprint density at radius 3 is 3.05 bits per heavy atom. The number of hydrogen-bond donors (Lipinski definition) is 1. The lowest BCUT2D eigenvalue weighted by atomic mass is 10.4. The fraction of sp³-hybridized carbons (Fsp3) is 0.333. The molecule has 0 bridgehead atoms. The number of carbonyl (C=O) groups is 1. The first-order valence-corrected chi connectivity index (χ1v) is 5.95. The van der Waals surface area contributed by atoms with Crippen molar-refractivity contribution in [2.75, 3.05) is 5.73 Å². The fourth-order valence-corrected chi connectivity index (χ4v) is 2.28. The molecular formula is C12H13N5O2. The maximum Gasteiger partial charge on any atom is 0.265 e. The van der Waals surface area contributed by atoms with Crippen LogP contribution in [-0.4, -0.2) is 20.5 Å². The normalized spacial score (nSPS) is 18.8. The van der Waals surface area contributed by atoms with Gasteiger partial charge in [0.05, 0.1) is 12.7 Å². The number of anilines is 1. The zero-order valence-electron chi connectivity index (χ0n) is 10.4. The molecule has 7 nitrogen and oxygen atoms in total. The molecule has 0 aromatic carbocycles. The molecule has 0 saturated heterocycles. The van der Waals surface area contributed by atoms with Gasteiger partial charge in [0.1, 0.15) is 0 Å². The number of allylic oxidation sites excluding steroid dienone is 1. The molecule has 19 heavy (non-hydrogen) atoms. The van der Waals surface area contributed by atoms with E-state index in [0.717, 1.165) is 24.6 Å². The number of fused-ring (bicyclic) bond motifs is 1. The number of imidazole rings is 1. The van der Waals surface area contributed by atoms with E-state index in [4.69, 9.17) is 15.6 Å². The van der Waals surface area contributed by atoms with Crippen molar-refractivity contribution in [1.82, 2.24) is 14.5 Å². The first-order valence-electron chi connectivity index (χ1n) is 5.95. The molecule has 2 N–H and O–H groups in total. The molecular weight excluding hydrogens is 246 g/mol. The van der Waals surface area contributed by atoms with Gasteiger partial charge in [-0.1, -0.05) is 4.98 Å². The highest BCUT2D eigenvalue weighted by atomic mass is 16.4. The van der Waals surface area contributed by atoms with Crippen molar-refractivity contribution in [3.05, 3.63) is 18.2 Å². The first-order chi connectivity index (χ1) is 9.06. The molecule has 0 amide bonds. The maximum absolute atomic E-state index is 8.89. The van der Waals surface area contributed by atoms with E-state index in [1.54, 1.807) is 0 Å². The molecule has 2 aromatic rings. The minimum atomic E-state index is -1.08. The number of carboxylic acids is 1. The molecule has 4 rings (SSSR count). The predicted octanol–water partition coefficient (Wildman–Crippen LogP) is -1.07. The Hall–Kier alpha value is -2.44. The highest BCUT2D eigenvalue weighted by Gasteiger charge is 2.36. The lowest BCUT2D eigenvalue weighted by molar-refractivity contribution is -0.678. The molecule has 7 heteroatoms. The van der Waals surface area contributed by atoms with E-state index in [9.17, 15) is 0 Å². The molecule has 2 aliphatic rings. The van der Waals surface area contributed by atoms with Gasteiger partial charge in [-0.2, -0.15) is 0 Å². The Bertz CT molecular complexity index is 699. The topological polar surface area (TPSA) is 101 Å². The average molecular weight is 259 g/mol. The van der Waals surface area contributed by atoms with Crippen LogP contribution in [0.1, 0.15) is 13.3 Å². The lowest BCUT2D eigenvalue weighted by Crippen LogP contribution is -2.37. The van der Waals surface area contributed by atoms with Gasteiger partial charge in [0, 0.05) is 11.9 Å². The van der Waals surface area contributed by atoms with Gasteiger partial charge in [-0.3, -0.25) is 0 Å². The molecule has 1 saturated carbocycles. The number of carboxylic acid groups (broad SMARTS) is 1. The van der Waals surface area contributed by atoms with Crippen LogP contribution < -0.4 is 15.4 Å². The number of aliphatic carboxylic acids is 1. The van der Waals surface area contributed by atoms with E-state index in [0.29, 0.717) is 11.7 Å². The van der Waals surface area contributed by atoms with E-state index in [1.165, 1.54) is 12.0 Å². The second-order valence-electron chi connectivity index (χ2n) is 4.70. The number of rotatable bonds is 0. The van der Waals surface area contributed by atoms with Crippen molar-refractivity contribution in [3.8, 4) is 0 Å². The Morgan fingerprint density at radius 2 is 2.32 bits per heavy atom. The SMILES string of the molecule is CC(=O)[O-].Nc1nc[n+]2c3c1ncn3C=C1CC1C2. The highest BCUT2D eigenvalue weighted by Crippen LogP contribution is 2.40. The third-order valence-corrected chi connectivity index (χ3v) is 3.19. The van der Waals surface area contributed by atoms with Crippen LogP contribution in [0, 0.1) is 5.92 Å². The summed E-state index contributed by atoms with van der Waals surface area (Å²) < 4.78 is 4.19. The molecule has 2 aromatic heterocycles. The Morgan fingerprint density at radius 1 is 1.58 bits per heavy atom. The second-order valence-corrected chi connectivity index (χ2v) is 4.70. The molecule has 1 unspecified atom stereocenters. The summed E-state index contributed by atoms with van der Waals surface area (Å²) in [5.74, 6) is 0.123. The van der Waals surface area contributed by atoms with Crippen molar-refractivity contribution in [2.45, 2.75) is 19.9 Å². The molecule has 0 spiro atoms. The van der Waals surface area contributed by atoms with Gasteiger partial charge in [0.15, 0.2) is 11.8 Å². The van der Waals surface area contributed by atoms with Crippen LogP contribution in [0.2, 0.25) is 0 Å². The average Bonchev–Trinajstić information content (AvgIpc) is 2.92. The van der Waals surface area contributed by atoms with E-state index >= 15 is 0 Å². The summed E-state index contributed by atoms with van der Waals surface area (Å²) in [4.78, 5) is 17.3. The van der Waals surface area contributed by atoms with Crippen molar-refractivity contribution in [3.63, 3.8) is 0 Å². The van der Waals surface area contributed by atoms with Crippen LogP contribution in [-0.2, 0) is 11.3 Å². The van der Waals surface area contributed by atoms with E-state index in [2.05, 4.69) is 25.3 Å². The number of carbonyl (C=O) groups excluding carboxylic acids is 1. The zero-order valence-corrected chi connectivity index (χ0v) is 10.4. The number of nitrogens with zero attached hydrogens (tertiary/aromatic N) is 4. The standard InChI is InChI=1S/C10H9N5.C2H4O2/c11-9-8-10-14(4-12-8)2-6-1-7(6)3-15(10)5-13-9;1-2(3)4/h2,4-5,7,11H,1,3H2;1H3,(H,3,4). The summed E-state index contributed by atoms with van der Waals surface area (Å²) in [6.07, 6.45) is 7.00. The van der Waals surface area contributed by atoms with Crippen molar-refractivity contribution < 1.29 is 14.5 Å². The third kappa shape index (κ3) is 2.03. The number of nitrogens with two attached hydrogens (primary N) is 1. The number of aromatic nitrogens is 4. The van der Waals surface area contributed by atoms with Gasteiger partial charge in [0.2, 0.25) is 12.1 Å². The smallest absolute Gasteiger partial charge is 0.265 e. The summed E-state index contributed by atoms with van der Waals surface area (Å²) in [7, 11) is 0. The Balaban J connectivity index is 0.000000247. The van der Waals surface area contributed by atoms with Gasteiger partial charge < -0.3 is 15.6 Å². The van der Waals surface area contributed by atoms with Crippen LogP contribution in [0.5, 0.6) is 0 Å². The van der Waals surface area contributed by atoms with Gasteiger partial charge in [0.25, 0.3) is 5.65 Å². The highest BCUT2D eigenvalue weighted by molar-refractivity contribution is 5.80. The quantitative estimate of drug-likeness (QED) is 0.607. The van der Waals surface area contributed by atoms with Crippen LogP contribution in [0.4, 0.5) is 5.82 Å². The first kappa shape index (κ1) is 11.6. The largest absolute Gasteiger partial charge is 0.550 e. The third-order valence-electron chi connectivity index (χ3n) is 3.19. The summed E-state index contributed by atoms with van der Waals surface area (Å²) in [5.41, 5.74) is 9.15. The minimum Gasteiger partial charge on any atom is -0.550 e. The summed E-state index contributed by atoms with van der Waals surface area (Å²) in [6.45, 7) is 1.97. The molecule has 1 aliphatic carbocycles. The predicted molar refractivity (Wildman–Crippen MR) is 65.2 cm³/mol.